The molecule has 1 heterocycles. The first kappa shape index (κ1) is 22.4. The predicted octanol–water partition coefficient (Wildman–Crippen LogP) is 2.89. The summed E-state index contributed by atoms with van der Waals surface area (Å²) in [6.07, 6.45) is 8.09. The van der Waals surface area contributed by atoms with E-state index < -0.39 is 15.9 Å². The number of sulfone groups is 1. The van der Waals surface area contributed by atoms with Gasteiger partial charge in [-0.05, 0) is 59.0 Å². The van der Waals surface area contributed by atoms with E-state index in [-0.39, 0.29) is 17.4 Å². The van der Waals surface area contributed by atoms with E-state index in [1.807, 2.05) is 24.3 Å². The molecule has 7 heteroatoms. The topological polar surface area (TPSA) is 96.4 Å². The Morgan fingerprint density at radius 1 is 1.00 bits per heavy atom. The maximum Gasteiger partial charge on any atom is 0.244 e. The Balaban J connectivity index is 1.61. The fraction of sp³-hybridized carbons (Fsp3) is 0.167. The number of pyridine rings is 1. The third kappa shape index (κ3) is 6.60. The first-order valence-electron chi connectivity index (χ1n) is 9.74. The van der Waals surface area contributed by atoms with Gasteiger partial charge >= 0.3 is 0 Å². The maximum absolute atomic E-state index is 12.1. The number of nitrogens with zero attached hydrogens (tertiary/aromatic N) is 1. The van der Waals surface area contributed by atoms with Gasteiger partial charge in [-0.2, -0.15) is 0 Å². The minimum atomic E-state index is -3.22. The van der Waals surface area contributed by atoms with Gasteiger partial charge in [-0.1, -0.05) is 36.4 Å². The van der Waals surface area contributed by atoms with Gasteiger partial charge in [0.25, 0.3) is 0 Å². The van der Waals surface area contributed by atoms with Crippen LogP contribution in [0.15, 0.2) is 84.0 Å². The molecule has 2 aromatic carbocycles. The molecule has 0 radical (unpaired) electrons. The molecule has 0 saturated carbocycles. The molecular formula is C24H24N2O4S. The van der Waals surface area contributed by atoms with Crippen molar-refractivity contribution in [2.75, 3.05) is 12.9 Å². The zero-order chi connectivity index (χ0) is 22.3. The molecule has 0 bridgehead atoms. The van der Waals surface area contributed by atoms with Crippen LogP contribution in [0.3, 0.4) is 0 Å². The minimum absolute atomic E-state index is 0.177. The Kier molecular flexibility index (Phi) is 7.33. The van der Waals surface area contributed by atoms with Crippen LogP contribution in [-0.4, -0.2) is 43.3 Å². The van der Waals surface area contributed by atoms with Gasteiger partial charge in [0.2, 0.25) is 5.91 Å². The Bertz CT molecular complexity index is 1140. The van der Waals surface area contributed by atoms with Gasteiger partial charge in [0, 0.05) is 24.7 Å². The van der Waals surface area contributed by atoms with Crippen LogP contribution in [0.2, 0.25) is 0 Å². The van der Waals surface area contributed by atoms with E-state index in [4.69, 9.17) is 0 Å². The summed E-state index contributed by atoms with van der Waals surface area (Å²) in [6, 6.07) is 17.7. The standard InChI is InChI=1S/C24H24N2O4S/c1-31(29,30)23-9-7-21(8-10-23)20-5-2-19(3-6-20)16-22(17-27)26-24(28)11-4-18-12-14-25-15-13-18/h2-15,22,27H,16-17H2,1H3,(H,26,28). The number of rotatable bonds is 8. The van der Waals surface area contributed by atoms with Gasteiger partial charge in [-0.3, -0.25) is 9.78 Å². The Morgan fingerprint density at radius 2 is 1.58 bits per heavy atom. The molecular weight excluding hydrogens is 412 g/mol. The van der Waals surface area contributed by atoms with E-state index in [0.29, 0.717) is 6.42 Å². The lowest BCUT2D eigenvalue weighted by molar-refractivity contribution is -0.117. The Hall–Kier alpha value is -3.29. The lowest BCUT2D eigenvalue weighted by atomic mass is 10.0. The number of aliphatic hydroxyl groups excluding tert-OH is 1. The molecule has 0 aliphatic rings. The molecule has 1 atom stereocenters. The molecule has 0 aliphatic carbocycles. The van der Waals surface area contributed by atoms with Gasteiger partial charge in [-0.15, -0.1) is 0 Å². The molecule has 160 valence electrons. The van der Waals surface area contributed by atoms with E-state index in [1.54, 1.807) is 54.9 Å². The molecule has 0 aliphatic heterocycles. The van der Waals surface area contributed by atoms with Crippen molar-refractivity contribution in [3.05, 3.63) is 90.3 Å². The van der Waals surface area contributed by atoms with Crippen LogP contribution in [0.5, 0.6) is 0 Å². The number of hydrogen-bond donors (Lipinski definition) is 2. The van der Waals surface area contributed by atoms with Crippen molar-refractivity contribution in [3.8, 4) is 11.1 Å². The van der Waals surface area contributed by atoms with Crippen molar-refractivity contribution in [2.45, 2.75) is 17.4 Å². The molecule has 3 rings (SSSR count). The molecule has 3 aromatic rings. The van der Waals surface area contributed by atoms with Gasteiger partial charge in [0.15, 0.2) is 9.84 Å². The average Bonchev–Trinajstić information content (AvgIpc) is 2.78. The van der Waals surface area contributed by atoms with E-state index in [9.17, 15) is 18.3 Å². The number of carbonyl (C=O) groups excluding carboxylic acids is 1. The summed E-state index contributed by atoms with van der Waals surface area (Å²) < 4.78 is 23.2. The SMILES string of the molecule is CS(=O)(=O)c1ccc(-c2ccc(CC(CO)NC(=O)C=Cc3ccncc3)cc2)cc1. The Morgan fingerprint density at radius 3 is 2.13 bits per heavy atom. The van der Waals surface area contributed by atoms with E-state index >= 15 is 0 Å². The van der Waals surface area contributed by atoms with Gasteiger partial charge in [0.05, 0.1) is 17.5 Å². The summed E-state index contributed by atoms with van der Waals surface area (Å²) in [5.41, 5.74) is 3.70. The highest BCUT2D eigenvalue weighted by atomic mass is 32.2. The van der Waals surface area contributed by atoms with Crippen molar-refractivity contribution in [1.29, 1.82) is 0 Å². The van der Waals surface area contributed by atoms with Crippen LogP contribution in [0.4, 0.5) is 0 Å². The zero-order valence-electron chi connectivity index (χ0n) is 17.1. The molecule has 6 nitrogen and oxygen atoms in total. The third-order valence-corrected chi connectivity index (χ3v) is 5.88. The fourth-order valence-corrected chi connectivity index (χ4v) is 3.70. The normalized spacial score (nSPS) is 12.6. The summed E-state index contributed by atoms with van der Waals surface area (Å²) in [6.45, 7) is -0.177. The second kappa shape index (κ2) is 10.1. The molecule has 2 N–H and O–H groups in total. The van der Waals surface area contributed by atoms with E-state index in [1.165, 1.54) is 12.3 Å². The van der Waals surface area contributed by atoms with Crippen LogP contribution < -0.4 is 5.32 Å². The van der Waals surface area contributed by atoms with Crippen molar-refractivity contribution >= 4 is 21.8 Å². The van der Waals surface area contributed by atoms with Gasteiger partial charge in [-0.25, -0.2) is 8.42 Å². The summed E-state index contributed by atoms with van der Waals surface area (Å²) in [5, 5.41) is 12.5. The molecule has 0 fully saturated rings. The number of nitrogens with one attached hydrogen (secondary N) is 1. The Labute approximate surface area is 182 Å². The smallest absolute Gasteiger partial charge is 0.244 e. The van der Waals surface area contributed by atoms with Crippen LogP contribution in [0.1, 0.15) is 11.1 Å². The number of aliphatic hydroxyl groups is 1. The molecule has 0 saturated heterocycles. The second-order valence-corrected chi connectivity index (χ2v) is 9.22. The molecule has 1 aromatic heterocycles. The highest BCUT2D eigenvalue weighted by Crippen LogP contribution is 2.22. The number of hydrogen-bond acceptors (Lipinski definition) is 5. The number of benzene rings is 2. The number of aromatic nitrogens is 1. The monoisotopic (exact) mass is 436 g/mol. The molecule has 0 spiro atoms. The van der Waals surface area contributed by atoms with E-state index in [0.717, 1.165) is 22.3 Å². The summed E-state index contributed by atoms with van der Waals surface area (Å²) in [4.78, 5) is 16.4. The first-order valence-corrected chi connectivity index (χ1v) is 11.6. The molecule has 31 heavy (non-hydrogen) atoms. The minimum Gasteiger partial charge on any atom is -0.394 e. The summed E-state index contributed by atoms with van der Waals surface area (Å²) >= 11 is 0. The van der Waals surface area contributed by atoms with Gasteiger partial charge in [0.1, 0.15) is 0 Å². The van der Waals surface area contributed by atoms with Crippen molar-refractivity contribution in [3.63, 3.8) is 0 Å². The molecule has 1 amide bonds. The average molecular weight is 437 g/mol. The lowest BCUT2D eigenvalue weighted by Gasteiger charge is -2.15. The summed E-state index contributed by atoms with van der Waals surface area (Å²) in [7, 11) is -3.22. The fourth-order valence-electron chi connectivity index (χ4n) is 3.07. The highest BCUT2D eigenvalue weighted by Gasteiger charge is 2.11. The largest absolute Gasteiger partial charge is 0.394 e. The molecule has 1 unspecified atom stereocenters. The lowest BCUT2D eigenvalue weighted by Crippen LogP contribution is -2.38. The van der Waals surface area contributed by atoms with Gasteiger partial charge < -0.3 is 10.4 Å². The number of amides is 1. The quantitative estimate of drug-likeness (QED) is 0.530. The van der Waals surface area contributed by atoms with E-state index in [2.05, 4.69) is 10.3 Å². The van der Waals surface area contributed by atoms with Crippen LogP contribution in [0, 0.1) is 0 Å². The van der Waals surface area contributed by atoms with Crippen LogP contribution >= 0.6 is 0 Å². The van der Waals surface area contributed by atoms with Crippen molar-refractivity contribution < 1.29 is 18.3 Å². The maximum atomic E-state index is 12.1. The summed E-state index contributed by atoms with van der Waals surface area (Å²) in [5.74, 6) is -0.279. The van der Waals surface area contributed by atoms with Crippen LogP contribution in [0.25, 0.3) is 17.2 Å². The zero-order valence-corrected chi connectivity index (χ0v) is 17.9. The van der Waals surface area contributed by atoms with Crippen molar-refractivity contribution in [2.24, 2.45) is 0 Å². The van der Waals surface area contributed by atoms with Crippen LogP contribution in [-0.2, 0) is 21.1 Å². The first-order chi connectivity index (χ1) is 14.8. The highest BCUT2D eigenvalue weighted by molar-refractivity contribution is 7.90. The number of carbonyl (C=O) groups is 1. The second-order valence-electron chi connectivity index (χ2n) is 7.20. The predicted molar refractivity (Wildman–Crippen MR) is 121 cm³/mol. The van der Waals surface area contributed by atoms with Crippen molar-refractivity contribution in [1.82, 2.24) is 10.3 Å². The third-order valence-electron chi connectivity index (χ3n) is 4.75.